The van der Waals surface area contributed by atoms with Crippen LogP contribution >= 0.6 is 0 Å². The van der Waals surface area contributed by atoms with E-state index in [1.165, 1.54) is 100 Å². The van der Waals surface area contributed by atoms with E-state index in [1.807, 2.05) is 0 Å². The third-order valence-electron chi connectivity index (χ3n) is 14.8. The molecule has 0 spiro atoms. The van der Waals surface area contributed by atoms with Crippen LogP contribution in [0.5, 0.6) is 0 Å². The summed E-state index contributed by atoms with van der Waals surface area (Å²) in [5.74, 6) is 0. The van der Waals surface area contributed by atoms with E-state index in [0.717, 1.165) is 17.1 Å². The van der Waals surface area contributed by atoms with Crippen molar-refractivity contribution in [3.05, 3.63) is 281 Å². The van der Waals surface area contributed by atoms with E-state index in [4.69, 9.17) is 0 Å². The first-order chi connectivity index (χ1) is 32.8. The van der Waals surface area contributed by atoms with E-state index in [-0.39, 0.29) is 5.41 Å². The number of anilines is 3. The standard InChI is InChI=1S/C66H51N/c1-44-22-14-16-30-52(44)58-40-47(46-24-8-5-9-25-46)41-59(53-31-17-15-23-45(53)2)64(58)67(50-36-38-56-54-32-18-20-34-60(54)65(3,4)62(56)42-50)51-37-39-57-55-33-19-21-35-61(55)66(63(57)43-51,48-26-10-6-11-27-48)49-28-12-7-13-29-49/h5-43H,1-4H3. The molecule has 2 aliphatic carbocycles. The molecule has 0 aliphatic heterocycles. The summed E-state index contributed by atoms with van der Waals surface area (Å²) in [6, 6.07) is 88.5. The smallest absolute Gasteiger partial charge is 0.0714 e. The number of rotatable bonds is 8. The molecule has 0 atom stereocenters. The van der Waals surface area contributed by atoms with Gasteiger partial charge < -0.3 is 4.90 Å². The van der Waals surface area contributed by atoms with Gasteiger partial charge >= 0.3 is 0 Å². The summed E-state index contributed by atoms with van der Waals surface area (Å²) < 4.78 is 0. The SMILES string of the molecule is Cc1ccccc1-c1cc(-c2ccccc2)cc(-c2ccccc2C)c1N(c1ccc2c(c1)C(C)(C)c1ccccc1-2)c1ccc2c(c1)C(c1ccccc1)(c1ccccc1)c1ccccc1-2. The van der Waals surface area contributed by atoms with Gasteiger partial charge in [0.2, 0.25) is 0 Å². The molecule has 67 heavy (non-hydrogen) atoms. The topological polar surface area (TPSA) is 3.24 Å². The van der Waals surface area contributed by atoms with Crippen LogP contribution < -0.4 is 4.90 Å². The van der Waals surface area contributed by atoms with Gasteiger partial charge in [-0.15, -0.1) is 0 Å². The summed E-state index contributed by atoms with van der Waals surface area (Å²) in [5, 5.41) is 0. The lowest BCUT2D eigenvalue weighted by Gasteiger charge is -2.36. The van der Waals surface area contributed by atoms with E-state index in [1.54, 1.807) is 0 Å². The molecule has 12 rings (SSSR count). The third-order valence-corrected chi connectivity index (χ3v) is 14.8. The number of hydrogen-bond donors (Lipinski definition) is 0. The molecule has 2 aliphatic rings. The molecule has 1 heteroatoms. The Morgan fingerprint density at radius 3 is 1.24 bits per heavy atom. The normalized spacial score (nSPS) is 13.6. The van der Waals surface area contributed by atoms with E-state index in [0.29, 0.717) is 0 Å². The maximum Gasteiger partial charge on any atom is 0.0714 e. The Kier molecular flexibility index (Phi) is 9.59. The highest BCUT2D eigenvalue weighted by molar-refractivity contribution is 6.02. The molecule has 0 bridgehead atoms. The van der Waals surface area contributed by atoms with Crippen molar-refractivity contribution in [2.24, 2.45) is 0 Å². The molecule has 320 valence electrons. The Hall–Kier alpha value is -8.00. The van der Waals surface area contributed by atoms with Gasteiger partial charge in [0.25, 0.3) is 0 Å². The zero-order chi connectivity index (χ0) is 45.3. The Balaban J connectivity index is 1.23. The van der Waals surface area contributed by atoms with Crippen LogP contribution in [0.15, 0.2) is 237 Å². The van der Waals surface area contributed by atoms with Crippen LogP contribution in [-0.2, 0) is 10.8 Å². The Labute approximate surface area is 395 Å². The van der Waals surface area contributed by atoms with E-state index in [2.05, 4.69) is 269 Å². The first-order valence-corrected chi connectivity index (χ1v) is 23.6. The summed E-state index contributed by atoms with van der Waals surface area (Å²) in [4.78, 5) is 2.60. The highest BCUT2D eigenvalue weighted by Crippen LogP contribution is 2.59. The van der Waals surface area contributed by atoms with Gasteiger partial charge in [-0.05, 0) is 139 Å². The molecule has 0 amide bonds. The number of benzene rings is 10. The second-order valence-electron chi connectivity index (χ2n) is 18.9. The van der Waals surface area contributed by atoms with Gasteiger partial charge in [0.15, 0.2) is 0 Å². The predicted octanol–water partition coefficient (Wildman–Crippen LogP) is 17.4. The van der Waals surface area contributed by atoms with Crippen LogP contribution in [0.1, 0.15) is 58.4 Å². The van der Waals surface area contributed by atoms with Crippen LogP contribution in [0.2, 0.25) is 0 Å². The molecule has 0 aromatic heterocycles. The first-order valence-electron chi connectivity index (χ1n) is 23.6. The minimum Gasteiger partial charge on any atom is -0.309 e. The molecule has 1 nitrogen and oxygen atoms in total. The quantitative estimate of drug-likeness (QED) is 0.147. The second-order valence-corrected chi connectivity index (χ2v) is 18.9. The number of nitrogens with zero attached hydrogens (tertiary/aromatic N) is 1. The number of aryl methyl sites for hydroxylation is 2. The van der Waals surface area contributed by atoms with Crippen LogP contribution in [0.3, 0.4) is 0 Å². The van der Waals surface area contributed by atoms with E-state index in [9.17, 15) is 0 Å². The maximum atomic E-state index is 2.60. The summed E-state index contributed by atoms with van der Waals surface area (Å²) >= 11 is 0. The lowest BCUT2D eigenvalue weighted by atomic mass is 9.67. The van der Waals surface area contributed by atoms with Gasteiger partial charge in [-0.2, -0.15) is 0 Å². The third kappa shape index (κ3) is 6.29. The number of fused-ring (bicyclic) bond motifs is 6. The fraction of sp³-hybridized carbons (Fsp3) is 0.0909. The average molecular weight is 858 g/mol. The molecule has 0 radical (unpaired) electrons. The molecule has 10 aromatic carbocycles. The summed E-state index contributed by atoms with van der Waals surface area (Å²) in [5.41, 5.74) is 25.2. The Morgan fingerprint density at radius 1 is 0.299 bits per heavy atom. The van der Waals surface area contributed by atoms with Crippen molar-refractivity contribution in [1.82, 2.24) is 0 Å². The summed E-state index contributed by atoms with van der Waals surface area (Å²) in [7, 11) is 0. The zero-order valence-electron chi connectivity index (χ0n) is 38.5. The summed E-state index contributed by atoms with van der Waals surface area (Å²) in [6.07, 6.45) is 0. The Morgan fingerprint density at radius 2 is 0.701 bits per heavy atom. The molecular weight excluding hydrogens is 807 g/mol. The average Bonchev–Trinajstić information content (AvgIpc) is 3.80. The van der Waals surface area contributed by atoms with Crippen molar-refractivity contribution < 1.29 is 0 Å². The van der Waals surface area contributed by atoms with Crippen molar-refractivity contribution in [1.29, 1.82) is 0 Å². The van der Waals surface area contributed by atoms with Crippen molar-refractivity contribution in [2.45, 2.75) is 38.5 Å². The molecule has 10 aromatic rings. The van der Waals surface area contributed by atoms with Crippen molar-refractivity contribution in [3.8, 4) is 55.6 Å². The molecular formula is C66H51N. The molecule has 0 heterocycles. The van der Waals surface area contributed by atoms with Gasteiger partial charge in [0.05, 0.1) is 11.1 Å². The van der Waals surface area contributed by atoms with Gasteiger partial charge in [-0.3, -0.25) is 0 Å². The largest absolute Gasteiger partial charge is 0.309 e. The highest BCUT2D eigenvalue weighted by atomic mass is 15.1. The van der Waals surface area contributed by atoms with Crippen molar-refractivity contribution >= 4 is 17.1 Å². The van der Waals surface area contributed by atoms with Crippen LogP contribution in [0.25, 0.3) is 55.6 Å². The fourth-order valence-electron chi connectivity index (χ4n) is 11.6. The summed E-state index contributed by atoms with van der Waals surface area (Å²) in [6.45, 7) is 9.28. The van der Waals surface area contributed by atoms with Gasteiger partial charge in [-0.1, -0.05) is 214 Å². The zero-order valence-corrected chi connectivity index (χ0v) is 38.5. The van der Waals surface area contributed by atoms with Crippen molar-refractivity contribution in [3.63, 3.8) is 0 Å². The molecule has 0 saturated heterocycles. The van der Waals surface area contributed by atoms with E-state index < -0.39 is 5.41 Å². The van der Waals surface area contributed by atoms with Crippen LogP contribution in [0.4, 0.5) is 17.1 Å². The maximum absolute atomic E-state index is 2.60. The van der Waals surface area contributed by atoms with Gasteiger partial charge in [0, 0.05) is 27.9 Å². The van der Waals surface area contributed by atoms with Crippen LogP contribution in [-0.4, -0.2) is 0 Å². The monoisotopic (exact) mass is 857 g/mol. The van der Waals surface area contributed by atoms with Crippen molar-refractivity contribution in [2.75, 3.05) is 4.90 Å². The van der Waals surface area contributed by atoms with Crippen LogP contribution in [0, 0.1) is 13.8 Å². The lowest BCUT2D eigenvalue weighted by Crippen LogP contribution is -2.28. The lowest BCUT2D eigenvalue weighted by molar-refractivity contribution is 0.660. The Bertz CT molecular complexity index is 3400. The first kappa shape index (κ1) is 40.5. The molecule has 0 N–H and O–H groups in total. The molecule has 0 unspecified atom stereocenters. The minimum absolute atomic E-state index is 0.197. The van der Waals surface area contributed by atoms with Gasteiger partial charge in [0.1, 0.15) is 0 Å². The number of hydrogen-bond acceptors (Lipinski definition) is 1. The van der Waals surface area contributed by atoms with Gasteiger partial charge in [-0.25, -0.2) is 0 Å². The fourth-order valence-corrected chi connectivity index (χ4v) is 11.6. The molecule has 0 saturated carbocycles. The second kappa shape index (κ2) is 15.9. The van der Waals surface area contributed by atoms with E-state index >= 15 is 0 Å². The predicted molar refractivity (Wildman–Crippen MR) is 282 cm³/mol. The highest BCUT2D eigenvalue weighted by Gasteiger charge is 2.46. The minimum atomic E-state index is -0.563. The molecule has 0 fully saturated rings.